The molecule has 0 aliphatic carbocycles. The molecule has 0 aromatic carbocycles. The number of likely N-dealkylation sites (tertiary alicyclic amines) is 1. The second kappa shape index (κ2) is 6.21. The molecule has 108 valence electrons. The van der Waals surface area contributed by atoms with Gasteiger partial charge in [-0.05, 0) is 28.4 Å². The third kappa shape index (κ3) is 3.27. The number of ether oxygens (including phenoxy) is 1. The lowest BCUT2D eigenvalue weighted by atomic mass is 10.1. The lowest BCUT2D eigenvalue weighted by Gasteiger charge is -2.16. The van der Waals surface area contributed by atoms with E-state index in [1.54, 1.807) is 17.2 Å². The van der Waals surface area contributed by atoms with Gasteiger partial charge in [0.25, 0.3) is 5.56 Å². The summed E-state index contributed by atoms with van der Waals surface area (Å²) in [5.41, 5.74) is -0.231. The predicted octanol–water partition coefficient (Wildman–Crippen LogP) is 0.632. The van der Waals surface area contributed by atoms with E-state index in [1.807, 2.05) is 0 Å². The maximum Gasteiger partial charge on any atom is 0.310 e. The summed E-state index contributed by atoms with van der Waals surface area (Å²) in [7, 11) is 1.34. The Bertz CT molecular complexity index is 584. The Morgan fingerprint density at radius 2 is 2.20 bits per heavy atom. The first-order valence-electron chi connectivity index (χ1n) is 6.23. The molecule has 1 aromatic heterocycles. The summed E-state index contributed by atoms with van der Waals surface area (Å²) in [5.74, 6) is -0.722. The number of hydrogen-bond acceptors (Lipinski definition) is 4. The number of methoxy groups -OCH3 is 1. The number of carbonyl (C=O) groups excluding carboxylic acids is 2. The zero-order chi connectivity index (χ0) is 14.7. The second-order valence-corrected chi connectivity index (χ2v) is 5.58. The van der Waals surface area contributed by atoms with Crippen LogP contribution in [-0.2, 0) is 20.9 Å². The molecule has 20 heavy (non-hydrogen) atoms. The van der Waals surface area contributed by atoms with E-state index < -0.39 is 0 Å². The molecule has 0 saturated carbocycles. The number of pyridine rings is 1. The number of hydrogen-bond donors (Lipinski definition) is 0. The highest BCUT2D eigenvalue weighted by Crippen LogP contribution is 2.17. The Labute approximate surface area is 124 Å². The SMILES string of the molecule is COC(=O)C1CCN(C(=O)Cn2cc(Br)ccc2=O)C1. The van der Waals surface area contributed by atoms with Crippen LogP contribution in [0.15, 0.2) is 27.6 Å². The fourth-order valence-corrected chi connectivity index (χ4v) is 2.60. The summed E-state index contributed by atoms with van der Waals surface area (Å²) >= 11 is 3.26. The zero-order valence-electron chi connectivity index (χ0n) is 11.0. The molecular weight excluding hydrogens is 328 g/mol. The van der Waals surface area contributed by atoms with Gasteiger partial charge in [0.05, 0.1) is 13.0 Å². The number of aromatic nitrogens is 1. The van der Waals surface area contributed by atoms with E-state index in [0.29, 0.717) is 19.5 Å². The van der Waals surface area contributed by atoms with Crippen molar-refractivity contribution < 1.29 is 14.3 Å². The Balaban J connectivity index is 2.01. The van der Waals surface area contributed by atoms with Crippen LogP contribution in [0.1, 0.15) is 6.42 Å². The molecule has 7 heteroatoms. The van der Waals surface area contributed by atoms with Gasteiger partial charge in [-0.2, -0.15) is 0 Å². The highest BCUT2D eigenvalue weighted by Gasteiger charge is 2.31. The quantitative estimate of drug-likeness (QED) is 0.755. The number of amides is 1. The summed E-state index contributed by atoms with van der Waals surface area (Å²) < 4.78 is 6.76. The van der Waals surface area contributed by atoms with Gasteiger partial charge < -0.3 is 14.2 Å². The zero-order valence-corrected chi connectivity index (χ0v) is 12.6. The smallest absolute Gasteiger partial charge is 0.310 e. The maximum absolute atomic E-state index is 12.1. The largest absolute Gasteiger partial charge is 0.469 e. The van der Waals surface area contributed by atoms with Crippen LogP contribution in [0.3, 0.4) is 0 Å². The lowest BCUT2D eigenvalue weighted by molar-refractivity contribution is -0.145. The number of nitrogens with zero attached hydrogens (tertiary/aromatic N) is 2. The molecular formula is C13H15BrN2O4. The van der Waals surface area contributed by atoms with Crippen LogP contribution in [-0.4, -0.2) is 41.5 Å². The Kier molecular flexibility index (Phi) is 4.59. The normalized spacial score (nSPS) is 18.1. The number of rotatable bonds is 3. The van der Waals surface area contributed by atoms with Crippen molar-refractivity contribution >= 4 is 27.8 Å². The number of esters is 1. The molecule has 0 bridgehead atoms. The molecule has 1 aliphatic heterocycles. The van der Waals surface area contributed by atoms with Crippen molar-refractivity contribution in [3.63, 3.8) is 0 Å². The molecule has 6 nitrogen and oxygen atoms in total. The van der Waals surface area contributed by atoms with E-state index in [-0.39, 0.29) is 29.9 Å². The minimum atomic E-state index is -0.292. The molecule has 2 rings (SSSR count). The first-order valence-corrected chi connectivity index (χ1v) is 7.02. The van der Waals surface area contributed by atoms with Gasteiger partial charge in [-0.1, -0.05) is 0 Å². The van der Waals surface area contributed by atoms with Gasteiger partial charge in [0.15, 0.2) is 0 Å². The van der Waals surface area contributed by atoms with Gasteiger partial charge >= 0.3 is 5.97 Å². The predicted molar refractivity (Wildman–Crippen MR) is 75.1 cm³/mol. The first-order chi connectivity index (χ1) is 9.51. The summed E-state index contributed by atoms with van der Waals surface area (Å²) in [5, 5.41) is 0. The standard InChI is InChI=1S/C13H15BrN2O4/c1-20-13(19)9-4-5-15(6-9)12(18)8-16-7-10(14)2-3-11(16)17/h2-3,7,9H,4-6,8H2,1H3. The fourth-order valence-electron chi connectivity index (χ4n) is 2.22. The molecule has 2 heterocycles. The van der Waals surface area contributed by atoms with Crippen molar-refractivity contribution in [3.8, 4) is 0 Å². The highest BCUT2D eigenvalue weighted by molar-refractivity contribution is 9.10. The summed E-state index contributed by atoms with van der Waals surface area (Å²) in [6.07, 6.45) is 2.18. The molecule has 0 radical (unpaired) electrons. The minimum absolute atomic E-state index is 0.0217. The van der Waals surface area contributed by atoms with Crippen molar-refractivity contribution in [1.82, 2.24) is 9.47 Å². The summed E-state index contributed by atoms with van der Waals surface area (Å²) in [6, 6.07) is 3.03. The average Bonchev–Trinajstić information content (AvgIpc) is 2.91. The third-order valence-corrected chi connectivity index (χ3v) is 3.80. The van der Waals surface area contributed by atoms with Gasteiger partial charge in [-0.3, -0.25) is 14.4 Å². The van der Waals surface area contributed by atoms with Gasteiger partial charge in [0.2, 0.25) is 5.91 Å². The van der Waals surface area contributed by atoms with Crippen LogP contribution in [0.5, 0.6) is 0 Å². The van der Waals surface area contributed by atoms with Crippen molar-refractivity contribution in [2.45, 2.75) is 13.0 Å². The molecule has 1 amide bonds. The molecule has 1 atom stereocenters. The van der Waals surface area contributed by atoms with Crippen molar-refractivity contribution in [1.29, 1.82) is 0 Å². The highest BCUT2D eigenvalue weighted by atomic mass is 79.9. The Morgan fingerprint density at radius 1 is 1.45 bits per heavy atom. The average molecular weight is 343 g/mol. The number of carbonyl (C=O) groups is 2. The van der Waals surface area contributed by atoms with Crippen LogP contribution in [0.2, 0.25) is 0 Å². The molecule has 1 aliphatic rings. The van der Waals surface area contributed by atoms with Crippen LogP contribution in [0, 0.1) is 5.92 Å². The van der Waals surface area contributed by atoms with Gasteiger partial charge in [-0.25, -0.2) is 0 Å². The van der Waals surface area contributed by atoms with E-state index in [1.165, 1.54) is 17.7 Å². The summed E-state index contributed by atoms with van der Waals surface area (Å²) in [4.78, 5) is 36.8. The number of halogens is 1. The topological polar surface area (TPSA) is 68.6 Å². The third-order valence-electron chi connectivity index (χ3n) is 3.33. The van der Waals surface area contributed by atoms with E-state index in [9.17, 15) is 14.4 Å². The molecule has 1 aromatic rings. The molecule has 1 unspecified atom stereocenters. The van der Waals surface area contributed by atoms with E-state index >= 15 is 0 Å². The van der Waals surface area contributed by atoms with Crippen LogP contribution >= 0.6 is 15.9 Å². The van der Waals surface area contributed by atoms with Gasteiger partial charge in [0.1, 0.15) is 6.54 Å². The van der Waals surface area contributed by atoms with Crippen LogP contribution in [0.4, 0.5) is 0 Å². The fraction of sp³-hybridized carbons (Fsp3) is 0.462. The molecule has 0 spiro atoms. The van der Waals surface area contributed by atoms with E-state index in [2.05, 4.69) is 20.7 Å². The van der Waals surface area contributed by atoms with Gasteiger partial charge in [0, 0.05) is 29.8 Å². The Hall–Kier alpha value is -1.63. The van der Waals surface area contributed by atoms with Crippen molar-refractivity contribution in [3.05, 3.63) is 33.2 Å². The van der Waals surface area contributed by atoms with Gasteiger partial charge in [-0.15, -0.1) is 0 Å². The van der Waals surface area contributed by atoms with Crippen molar-refractivity contribution in [2.24, 2.45) is 5.92 Å². The first kappa shape index (κ1) is 14.8. The minimum Gasteiger partial charge on any atom is -0.469 e. The Morgan fingerprint density at radius 3 is 2.90 bits per heavy atom. The van der Waals surface area contributed by atoms with E-state index in [0.717, 1.165) is 4.47 Å². The maximum atomic E-state index is 12.1. The monoisotopic (exact) mass is 342 g/mol. The van der Waals surface area contributed by atoms with E-state index in [4.69, 9.17) is 0 Å². The van der Waals surface area contributed by atoms with Crippen LogP contribution < -0.4 is 5.56 Å². The molecule has 0 N–H and O–H groups in total. The second-order valence-electron chi connectivity index (χ2n) is 4.66. The van der Waals surface area contributed by atoms with Crippen LogP contribution in [0.25, 0.3) is 0 Å². The molecule has 1 saturated heterocycles. The molecule has 1 fully saturated rings. The summed E-state index contributed by atoms with van der Waals surface area (Å²) in [6.45, 7) is 0.849. The van der Waals surface area contributed by atoms with Crippen molar-refractivity contribution in [2.75, 3.05) is 20.2 Å². The lowest BCUT2D eigenvalue weighted by Crippen LogP contribution is -2.35.